The van der Waals surface area contributed by atoms with Gasteiger partial charge in [0.2, 0.25) is 5.91 Å². The topological polar surface area (TPSA) is 47.6 Å². The van der Waals surface area contributed by atoms with Gasteiger partial charge in [-0.1, -0.05) is 32.9 Å². The maximum Gasteiger partial charge on any atom is 0.416 e. The number of nitrogens with zero attached hydrogens (tertiary/aromatic N) is 2. The molecule has 0 unspecified atom stereocenters. The van der Waals surface area contributed by atoms with Crippen LogP contribution in [0.15, 0.2) is 24.3 Å². The van der Waals surface area contributed by atoms with Crippen molar-refractivity contribution in [3.8, 4) is 0 Å². The van der Waals surface area contributed by atoms with Gasteiger partial charge in [-0.25, -0.2) is 0 Å². The zero-order valence-corrected chi connectivity index (χ0v) is 19.1. The van der Waals surface area contributed by atoms with Crippen molar-refractivity contribution >= 4 is 23.2 Å². The van der Waals surface area contributed by atoms with Gasteiger partial charge in [-0.05, 0) is 42.3 Å². The molecule has 3 rings (SSSR count). The maximum atomic E-state index is 13.3. The Kier molecular flexibility index (Phi) is 7.15. The van der Waals surface area contributed by atoms with Crippen molar-refractivity contribution in [2.75, 3.05) is 19.6 Å². The van der Waals surface area contributed by atoms with Crippen molar-refractivity contribution in [3.63, 3.8) is 0 Å². The largest absolute Gasteiger partial charge is 0.416 e. The molecule has 2 aliphatic rings. The fourth-order valence-corrected chi connectivity index (χ4v) is 4.64. The monoisotopic (exact) mass is 456 g/mol. The number of benzene rings is 1. The van der Waals surface area contributed by atoms with Crippen LogP contribution in [0.4, 0.5) is 13.2 Å². The summed E-state index contributed by atoms with van der Waals surface area (Å²) in [7, 11) is 0. The number of thiocarbonyl (C=S) groups is 1. The molecule has 5 nitrogen and oxygen atoms in total. The van der Waals surface area contributed by atoms with Gasteiger partial charge in [0.05, 0.1) is 17.3 Å². The number of carbonyl (C=O) groups excluding carboxylic acids is 1. The van der Waals surface area contributed by atoms with Gasteiger partial charge in [0.25, 0.3) is 0 Å². The Morgan fingerprint density at radius 1 is 1.32 bits per heavy atom. The summed E-state index contributed by atoms with van der Waals surface area (Å²) >= 11 is 5.48. The quantitative estimate of drug-likeness (QED) is 0.661. The number of alkyl halides is 3. The Labute approximate surface area is 187 Å². The molecule has 0 radical (unpaired) electrons. The van der Waals surface area contributed by atoms with Crippen LogP contribution in [0.25, 0.3) is 0 Å². The summed E-state index contributed by atoms with van der Waals surface area (Å²) in [6.07, 6.45) is -2.10. The zero-order chi connectivity index (χ0) is 22.8. The van der Waals surface area contributed by atoms with E-state index in [0.29, 0.717) is 36.6 Å². The van der Waals surface area contributed by atoms with E-state index in [1.807, 2.05) is 13.8 Å². The summed E-state index contributed by atoms with van der Waals surface area (Å²) < 4.78 is 39.5. The Hall–Kier alpha value is -1.87. The van der Waals surface area contributed by atoms with Crippen LogP contribution in [0.1, 0.15) is 51.2 Å². The van der Waals surface area contributed by atoms with E-state index >= 15 is 0 Å². The molecule has 172 valence electrons. The van der Waals surface area contributed by atoms with Crippen LogP contribution < -0.4 is 10.6 Å². The number of piperidine rings is 1. The Morgan fingerprint density at radius 2 is 2.00 bits per heavy atom. The van der Waals surface area contributed by atoms with E-state index in [2.05, 4.69) is 22.5 Å². The molecule has 0 saturated carbocycles. The fraction of sp³-hybridized carbons (Fsp3) is 0.636. The lowest BCUT2D eigenvalue weighted by Gasteiger charge is -2.45. The molecule has 2 saturated heterocycles. The van der Waals surface area contributed by atoms with Gasteiger partial charge in [-0.2, -0.15) is 13.2 Å². The number of likely N-dealkylation sites (tertiary alicyclic amines) is 1. The van der Waals surface area contributed by atoms with Crippen molar-refractivity contribution < 1.29 is 18.0 Å². The third-order valence-electron chi connectivity index (χ3n) is 6.14. The summed E-state index contributed by atoms with van der Waals surface area (Å²) in [6, 6.07) is 4.91. The molecule has 2 heterocycles. The van der Waals surface area contributed by atoms with Crippen LogP contribution in [-0.4, -0.2) is 52.2 Å². The zero-order valence-electron chi connectivity index (χ0n) is 18.3. The molecule has 1 amide bonds. The highest BCUT2D eigenvalue weighted by Gasteiger charge is 2.52. The van der Waals surface area contributed by atoms with E-state index in [1.165, 1.54) is 6.07 Å². The van der Waals surface area contributed by atoms with Gasteiger partial charge in [0, 0.05) is 39.0 Å². The molecular weight excluding hydrogens is 425 g/mol. The number of hydrogen-bond donors (Lipinski definition) is 2. The van der Waals surface area contributed by atoms with Gasteiger partial charge in [0.1, 0.15) is 0 Å². The highest BCUT2D eigenvalue weighted by molar-refractivity contribution is 7.80. The summed E-state index contributed by atoms with van der Waals surface area (Å²) in [4.78, 5) is 17.1. The molecule has 0 aliphatic carbocycles. The molecule has 1 aromatic rings. The summed E-state index contributed by atoms with van der Waals surface area (Å²) in [5.74, 6) is 0.0359. The van der Waals surface area contributed by atoms with Crippen LogP contribution in [0.3, 0.4) is 0 Å². The van der Waals surface area contributed by atoms with E-state index in [4.69, 9.17) is 12.2 Å². The Bertz CT molecular complexity index is 806. The summed E-state index contributed by atoms with van der Waals surface area (Å²) in [5, 5.41) is 7.49. The highest BCUT2D eigenvalue weighted by atomic mass is 32.1. The number of halogens is 3. The lowest BCUT2D eigenvalue weighted by atomic mass is 9.95. The summed E-state index contributed by atoms with van der Waals surface area (Å²) in [5.41, 5.74) is -0.783. The second-order valence-electron chi connectivity index (χ2n) is 8.74. The lowest BCUT2D eigenvalue weighted by Crippen LogP contribution is -2.60. The number of hydrogen-bond acceptors (Lipinski definition) is 3. The van der Waals surface area contributed by atoms with Crippen LogP contribution in [-0.2, 0) is 17.5 Å². The van der Waals surface area contributed by atoms with Crippen LogP contribution in [0.5, 0.6) is 0 Å². The number of rotatable bonds is 5. The standard InChI is InChI=1S/C22H31F3N4OS/c1-4-10-26-20(31)28-11-8-21(9-12-28)27-18(15(2)3)19(30)29(21)14-16-6-5-7-17(13-16)22(23,24)25/h5-7,13,15,18,27H,4,8-12,14H2,1-3H3,(H,26,31)/t18-/m1/s1. The normalized spacial score (nSPS) is 21.3. The first-order valence-corrected chi connectivity index (χ1v) is 11.3. The first-order valence-electron chi connectivity index (χ1n) is 10.9. The molecular formula is C22H31F3N4OS. The van der Waals surface area contributed by atoms with Crippen molar-refractivity contribution in [2.24, 2.45) is 5.92 Å². The third kappa shape index (κ3) is 5.14. The molecule has 1 aromatic carbocycles. The molecule has 0 aromatic heterocycles. The van der Waals surface area contributed by atoms with E-state index in [0.717, 1.165) is 25.1 Å². The maximum absolute atomic E-state index is 13.3. The predicted molar refractivity (Wildman–Crippen MR) is 118 cm³/mol. The average molecular weight is 457 g/mol. The van der Waals surface area contributed by atoms with Gasteiger partial charge in [0.15, 0.2) is 5.11 Å². The van der Waals surface area contributed by atoms with Crippen molar-refractivity contribution in [3.05, 3.63) is 35.4 Å². The molecule has 9 heteroatoms. The van der Waals surface area contributed by atoms with Crippen LogP contribution in [0, 0.1) is 5.92 Å². The molecule has 2 aliphatic heterocycles. The predicted octanol–water partition coefficient (Wildman–Crippen LogP) is 3.74. The molecule has 0 bridgehead atoms. The van der Waals surface area contributed by atoms with Gasteiger partial charge in [-0.15, -0.1) is 0 Å². The third-order valence-corrected chi connectivity index (χ3v) is 6.54. The second kappa shape index (κ2) is 9.32. The molecule has 2 N–H and O–H groups in total. The van der Waals surface area contributed by atoms with E-state index in [-0.39, 0.29) is 24.4 Å². The minimum atomic E-state index is -4.41. The lowest BCUT2D eigenvalue weighted by molar-refractivity contribution is -0.137. The van der Waals surface area contributed by atoms with Gasteiger partial charge < -0.3 is 15.1 Å². The van der Waals surface area contributed by atoms with Crippen molar-refractivity contribution in [1.82, 2.24) is 20.4 Å². The molecule has 2 fully saturated rings. The average Bonchev–Trinajstić information content (AvgIpc) is 2.98. The minimum absolute atomic E-state index is 0.0486. The van der Waals surface area contributed by atoms with Crippen molar-refractivity contribution in [2.45, 2.75) is 64.5 Å². The SMILES string of the molecule is CCCNC(=S)N1CCC2(CC1)N[C@H](C(C)C)C(=O)N2Cc1cccc(C(F)(F)F)c1. The van der Waals surface area contributed by atoms with Crippen molar-refractivity contribution in [1.29, 1.82) is 0 Å². The Balaban J connectivity index is 1.80. The van der Waals surface area contributed by atoms with Crippen LogP contribution in [0.2, 0.25) is 0 Å². The fourth-order valence-electron chi connectivity index (χ4n) is 4.36. The number of carbonyl (C=O) groups is 1. The Morgan fingerprint density at radius 3 is 2.58 bits per heavy atom. The smallest absolute Gasteiger partial charge is 0.363 e. The highest BCUT2D eigenvalue weighted by Crippen LogP contribution is 2.36. The molecule has 1 spiro atoms. The van der Waals surface area contributed by atoms with E-state index < -0.39 is 17.4 Å². The number of nitrogens with one attached hydrogen (secondary N) is 2. The van der Waals surface area contributed by atoms with Gasteiger partial charge in [-0.3, -0.25) is 10.1 Å². The number of amides is 1. The first-order chi connectivity index (χ1) is 14.6. The van der Waals surface area contributed by atoms with E-state index in [1.54, 1.807) is 11.0 Å². The van der Waals surface area contributed by atoms with E-state index in [9.17, 15) is 18.0 Å². The van der Waals surface area contributed by atoms with Gasteiger partial charge >= 0.3 is 6.18 Å². The summed E-state index contributed by atoms with van der Waals surface area (Å²) in [6.45, 7) is 8.36. The second-order valence-corrected chi connectivity index (χ2v) is 9.13. The van der Waals surface area contributed by atoms with Crippen LogP contribution >= 0.6 is 12.2 Å². The minimum Gasteiger partial charge on any atom is -0.363 e. The first kappa shape index (κ1) is 23.8. The molecule has 31 heavy (non-hydrogen) atoms. The molecule has 1 atom stereocenters.